The predicted molar refractivity (Wildman–Crippen MR) is 76.6 cm³/mol. The Hall–Kier alpha value is -2.28. The number of nitrogens with zero attached hydrogens (tertiary/aromatic N) is 3. The number of aromatic nitrogens is 2. The van der Waals surface area contributed by atoms with E-state index in [4.69, 9.17) is 4.52 Å². The maximum Gasteiger partial charge on any atom is 0.269 e. The summed E-state index contributed by atoms with van der Waals surface area (Å²) in [5, 5.41) is 17.9. The minimum atomic E-state index is -0.381. The fraction of sp³-hybridized carbons (Fsp3) is 0.429. The summed E-state index contributed by atoms with van der Waals surface area (Å²) in [4.78, 5) is 14.6. The van der Waals surface area contributed by atoms with Gasteiger partial charge in [-0.1, -0.05) is 30.6 Å². The molecule has 0 aliphatic heterocycles. The molecule has 0 aliphatic rings. The van der Waals surface area contributed by atoms with Crippen LogP contribution < -0.4 is 5.32 Å². The van der Waals surface area contributed by atoms with Crippen LogP contribution in [0.3, 0.4) is 0 Å². The Labute approximate surface area is 122 Å². The van der Waals surface area contributed by atoms with Crippen molar-refractivity contribution in [1.29, 1.82) is 0 Å². The van der Waals surface area contributed by atoms with E-state index in [-0.39, 0.29) is 16.7 Å². The van der Waals surface area contributed by atoms with Gasteiger partial charge in [-0.2, -0.15) is 4.98 Å². The van der Waals surface area contributed by atoms with Gasteiger partial charge in [0.2, 0.25) is 5.89 Å². The number of benzene rings is 1. The number of non-ortho nitro benzene ring substituents is 1. The molecular formula is C14H18N4O3. The van der Waals surface area contributed by atoms with Gasteiger partial charge >= 0.3 is 0 Å². The lowest BCUT2D eigenvalue weighted by Gasteiger charge is -2.17. The second-order valence-electron chi connectivity index (χ2n) is 4.81. The Morgan fingerprint density at radius 2 is 2.29 bits per heavy atom. The zero-order valence-corrected chi connectivity index (χ0v) is 12.1. The summed E-state index contributed by atoms with van der Waals surface area (Å²) >= 11 is 0. The Balaban J connectivity index is 2.10. The van der Waals surface area contributed by atoms with E-state index in [1.807, 2.05) is 6.07 Å². The van der Waals surface area contributed by atoms with E-state index in [0.29, 0.717) is 18.3 Å². The highest BCUT2D eigenvalue weighted by Crippen LogP contribution is 2.23. The predicted octanol–water partition coefficient (Wildman–Crippen LogP) is 2.92. The summed E-state index contributed by atoms with van der Waals surface area (Å²) < 4.78 is 5.06. The average molecular weight is 290 g/mol. The summed E-state index contributed by atoms with van der Waals surface area (Å²) in [6, 6.07) is 6.70. The van der Waals surface area contributed by atoms with Crippen LogP contribution in [0.1, 0.15) is 43.1 Å². The molecule has 21 heavy (non-hydrogen) atoms. The van der Waals surface area contributed by atoms with Crippen LogP contribution >= 0.6 is 0 Å². The van der Waals surface area contributed by atoms with Crippen molar-refractivity contribution in [2.24, 2.45) is 0 Å². The molecule has 2 aromatic rings. The first-order chi connectivity index (χ1) is 10.1. The lowest BCUT2D eigenvalue weighted by atomic mass is 10.0. The van der Waals surface area contributed by atoms with Crippen molar-refractivity contribution in [2.75, 3.05) is 0 Å². The van der Waals surface area contributed by atoms with Crippen molar-refractivity contribution in [3.63, 3.8) is 0 Å². The van der Waals surface area contributed by atoms with Gasteiger partial charge in [0, 0.05) is 18.2 Å². The van der Waals surface area contributed by atoms with Crippen LogP contribution in [0.15, 0.2) is 28.8 Å². The molecule has 0 saturated heterocycles. The van der Waals surface area contributed by atoms with Crippen LogP contribution in [-0.2, 0) is 6.54 Å². The Morgan fingerprint density at radius 1 is 1.48 bits per heavy atom. The summed E-state index contributed by atoms with van der Waals surface area (Å²) in [6.45, 7) is 4.27. The fourth-order valence-electron chi connectivity index (χ4n) is 2.15. The Kier molecular flexibility index (Phi) is 4.99. The zero-order valence-electron chi connectivity index (χ0n) is 12.1. The van der Waals surface area contributed by atoms with Crippen LogP contribution in [0.2, 0.25) is 0 Å². The highest BCUT2D eigenvalue weighted by atomic mass is 16.6. The molecule has 0 saturated carbocycles. The molecule has 112 valence electrons. The van der Waals surface area contributed by atoms with E-state index in [0.717, 1.165) is 18.4 Å². The molecule has 7 heteroatoms. The molecule has 1 atom stereocenters. The number of hydrogen-bond acceptors (Lipinski definition) is 6. The largest absolute Gasteiger partial charge is 0.338 e. The summed E-state index contributed by atoms with van der Waals surface area (Å²) in [5.74, 6) is 1.10. The van der Waals surface area contributed by atoms with Gasteiger partial charge in [-0.3, -0.25) is 10.1 Å². The molecule has 0 amide bonds. The van der Waals surface area contributed by atoms with Crippen molar-refractivity contribution >= 4 is 5.69 Å². The van der Waals surface area contributed by atoms with Gasteiger partial charge in [0.05, 0.1) is 11.5 Å². The number of nitro benzene ring substituents is 1. The third-order valence-corrected chi connectivity index (χ3v) is 3.13. The Bertz CT molecular complexity index is 612. The molecule has 1 aromatic carbocycles. The van der Waals surface area contributed by atoms with E-state index in [1.54, 1.807) is 19.1 Å². The van der Waals surface area contributed by atoms with Crippen LogP contribution in [0.5, 0.6) is 0 Å². The molecule has 7 nitrogen and oxygen atoms in total. The summed E-state index contributed by atoms with van der Waals surface area (Å²) in [7, 11) is 0. The topological polar surface area (TPSA) is 94.1 Å². The van der Waals surface area contributed by atoms with Gasteiger partial charge in [-0.25, -0.2) is 0 Å². The minimum absolute atomic E-state index is 0.0158. The number of aryl methyl sites for hydroxylation is 1. The first kappa shape index (κ1) is 15.1. The van der Waals surface area contributed by atoms with Crippen LogP contribution in [-0.4, -0.2) is 15.1 Å². The lowest BCUT2D eigenvalue weighted by Crippen LogP contribution is -2.21. The van der Waals surface area contributed by atoms with Crippen LogP contribution in [0, 0.1) is 17.0 Å². The molecule has 0 spiro atoms. The standard InChI is InChI=1S/C14H18N4O3/c1-3-5-13(15-9-14-16-10(2)17-21-14)11-6-4-7-12(8-11)18(19)20/h4,6-8,13,15H,3,5,9H2,1-2H3. The molecular weight excluding hydrogens is 272 g/mol. The summed E-state index contributed by atoms with van der Waals surface area (Å²) in [5.41, 5.74) is 0.992. The maximum atomic E-state index is 10.9. The number of nitrogens with one attached hydrogen (secondary N) is 1. The smallest absolute Gasteiger partial charge is 0.269 e. The van der Waals surface area contributed by atoms with Gasteiger partial charge in [-0.15, -0.1) is 0 Å². The molecule has 0 radical (unpaired) electrons. The van der Waals surface area contributed by atoms with Crippen LogP contribution in [0.25, 0.3) is 0 Å². The molecule has 0 fully saturated rings. The second kappa shape index (κ2) is 6.94. The van der Waals surface area contributed by atoms with E-state index in [1.165, 1.54) is 6.07 Å². The average Bonchev–Trinajstić information content (AvgIpc) is 2.89. The minimum Gasteiger partial charge on any atom is -0.338 e. The van der Waals surface area contributed by atoms with E-state index >= 15 is 0 Å². The van der Waals surface area contributed by atoms with Gasteiger partial charge in [0.25, 0.3) is 5.69 Å². The quantitative estimate of drug-likeness (QED) is 0.622. The zero-order chi connectivity index (χ0) is 15.2. The van der Waals surface area contributed by atoms with Crippen molar-refractivity contribution in [2.45, 2.75) is 39.3 Å². The van der Waals surface area contributed by atoms with Crippen molar-refractivity contribution in [3.05, 3.63) is 51.7 Å². The van der Waals surface area contributed by atoms with Gasteiger partial charge in [0.15, 0.2) is 5.82 Å². The maximum absolute atomic E-state index is 10.9. The lowest BCUT2D eigenvalue weighted by molar-refractivity contribution is -0.384. The van der Waals surface area contributed by atoms with Crippen molar-refractivity contribution in [1.82, 2.24) is 15.5 Å². The highest BCUT2D eigenvalue weighted by Gasteiger charge is 2.15. The van der Waals surface area contributed by atoms with Gasteiger partial charge < -0.3 is 9.84 Å². The molecule has 1 heterocycles. The third-order valence-electron chi connectivity index (χ3n) is 3.13. The van der Waals surface area contributed by atoms with Crippen molar-refractivity contribution in [3.8, 4) is 0 Å². The number of nitro groups is 1. The number of hydrogen-bond donors (Lipinski definition) is 1. The van der Waals surface area contributed by atoms with Gasteiger partial charge in [-0.05, 0) is 18.9 Å². The molecule has 1 aromatic heterocycles. The summed E-state index contributed by atoms with van der Waals surface area (Å²) in [6.07, 6.45) is 1.83. The normalized spacial score (nSPS) is 12.3. The van der Waals surface area contributed by atoms with Crippen LogP contribution in [0.4, 0.5) is 5.69 Å². The van der Waals surface area contributed by atoms with E-state index in [2.05, 4.69) is 22.4 Å². The fourth-order valence-corrected chi connectivity index (χ4v) is 2.15. The number of rotatable bonds is 7. The molecule has 2 rings (SSSR count). The van der Waals surface area contributed by atoms with E-state index in [9.17, 15) is 10.1 Å². The molecule has 0 bridgehead atoms. The third kappa shape index (κ3) is 4.09. The van der Waals surface area contributed by atoms with Gasteiger partial charge in [0.1, 0.15) is 0 Å². The molecule has 0 aliphatic carbocycles. The molecule has 1 N–H and O–H groups in total. The SMILES string of the molecule is CCCC(NCc1nc(C)no1)c1cccc([N+](=O)[O-])c1. The first-order valence-electron chi connectivity index (χ1n) is 6.87. The molecule has 1 unspecified atom stereocenters. The van der Waals surface area contributed by atoms with E-state index < -0.39 is 0 Å². The Morgan fingerprint density at radius 3 is 2.90 bits per heavy atom. The first-order valence-corrected chi connectivity index (χ1v) is 6.87. The second-order valence-corrected chi connectivity index (χ2v) is 4.81. The highest BCUT2D eigenvalue weighted by molar-refractivity contribution is 5.35. The van der Waals surface area contributed by atoms with Crippen molar-refractivity contribution < 1.29 is 9.45 Å². The monoisotopic (exact) mass is 290 g/mol.